The highest BCUT2D eigenvalue weighted by molar-refractivity contribution is 5.46. The molecule has 0 N–H and O–H groups in total. The molecule has 1 atom stereocenters. The Balaban J connectivity index is 2.97. The topological polar surface area (TPSA) is 76.2 Å². The first-order chi connectivity index (χ1) is 8.08. The van der Waals surface area contributed by atoms with E-state index in [9.17, 15) is 14.5 Å². The van der Waals surface area contributed by atoms with E-state index in [-0.39, 0.29) is 12.2 Å². The van der Waals surface area contributed by atoms with E-state index in [0.29, 0.717) is 6.42 Å². The van der Waals surface area contributed by atoms with E-state index in [1.54, 1.807) is 6.92 Å². The SMILES string of the molecule is CCC(CC#N)Oc1ccc(F)cc1[N+](=O)[O-]. The van der Waals surface area contributed by atoms with Gasteiger partial charge in [-0.15, -0.1) is 0 Å². The quantitative estimate of drug-likeness (QED) is 0.583. The lowest BCUT2D eigenvalue weighted by Gasteiger charge is -2.14. The van der Waals surface area contributed by atoms with E-state index in [4.69, 9.17) is 10.00 Å². The molecule has 1 unspecified atom stereocenters. The van der Waals surface area contributed by atoms with Crippen LogP contribution in [0.5, 0.6) is 5.75 Å². The third kappa shape index (κ3) is 3.41. The van der Waals surface area contributed by atoms with Gasteiger partial charge in [0.1, 0.15) is 11.9 Å². The zero-order valence-electron chi connectivity index (χ0n) is 9.22. The van der Waals surface area contributed by atoms with Crippen molar-refractivity contribution in [1.29, 1.82) is 5.26 Å². The molecule has 1 rings (SSSR count). The van der Waals surface area contributed by atoms with Crippen molar-refractivity contribution in [3.63, 3.8) is 0 Å². The van der Waals surface area contributed by atoms with Gasteiger partial charge in [0.2, 0.25) is 0 Å². The summed E-state index contributed by atoms with van der Waals surface area (Å²) in [6, 6.07) is 5.02. The van der Waals surface area contributed by atoms with Gasteiger partial charge in [0, 0.05) is 0 Å². The Labute approximate surface area is 97.6 Å². The molecule has 0 aliphatic carbocycles. The fourth-order valence-electron chi connectivity index (χ4n) is 1.28. The Kier molecular flexibility index (Phi) is 4.40. The highest BCUT2D eigenvalue weighted by Gasteiger charge is 2.19. The lowest BCUT2D eigenvalue weighted by Crippen LogP contribution is -2.15. The van der Waals surface area contributed by atoms with Gasteiger partial charge in [0.15, 0.2) is 5.75 Å². The molecule has 1 aromatic carbocycles. The summed E-state index contributed by atoms with van der Waals surface area (Å²) >= 11 is 0. The number of nitro groups is 1. The number of halogens is 1. The molecule has 0 aliphatic rings. The van der Waals surface area contributed by atoms with E-state index in [1.165, 1.54) is 6.07 Å². The number of hydrogen-bond acceptors (Lipinski definition) is 4. The summed E-state index contributed by atoms with van der Waals surface area (Å²) in [6.07, 6.45) is 0.247. The summed E-state index contributed by atoms with van der Waals surface area (Å²) in [5, 5.41) is 19.2. The molecular formula is C11H11FN2O3. The van der Waals surface area contributed by atoms with Crippen molar-refractivity contribution in [1.82, 2.24) is 0 Å². The van der Waals surface area contributed by atoms with Crippen LogP contribution in [0.25, 0.3) is 0 Å². The molecule has 0 amide bonds. The summed E-state index contributed by atoms with van der Waals surface area (Å²) in [5.74, 6) is -0.712. The number of hydrogen-bond donors (Lipinski definition) is 0. The van der Waals surface area contributed by atoms with Crippen LogP contribution < -0.4 is 4.74 Å². The van der Waals surface area contributed by atoms with Crippen LogP contribution in [0.3, 0.4) is 0 Å². The predicted molar refractivity (Wildman–Crippen MR) is 58.0 cm³/mol. The van der Waals surface area contributed by atoms with Gasteiger partial charge in [0.05, 0.1) is 23.5 Å². The average molecular weight is 238 g/mol. The van der Waals surface area contributed by atoms with Crippen LogP contribution in [0.4, 0.5) is 10.1 Å². The van der Waals surface area contributed by atoms with Gasteiger partial charge in [-0.3, -0.25) is 10.1 Å². The molecule has 1 aromatic rings. The molecule has 0 radical (unpaired) electrons. The summed E-state index contributed by atoms with van der Waals surface area (Å²) in [7, 11) is 0. The Morgan fingerprint density at radius 1 is 1.65 bits per heavy atom. The average Bonchev–Trinajstić information content (AvgIpc) is 2.30. The highest BCUT2D eigenvalue weighted by Crippen LogP contribution is 2.29. The van der Waals surface area contributed by atoms with Crippen LogP contribution in [0.15, 0.2) is 18.2 Å². The van der Waals surface area contributed by atoms with Gasteiger partial charge in [-0.2, -0.15) is 5.26 Å². The minimum Gasteiger partial charge on any atom is -0.482 e. The third-order valence-corrected chi connectivity index (χ3v) is 2.19. The summed E-state index contributed by atoms with van der Waals surface area (Å²) in [6.45, 7) is 1.80. The molecule has 0 aliphatic heterocycles. The van der Waals surface area contributed by atoms with Gasteiger partial charge in [-0.1, -0.05) is 6.92 Å². The Hall–Kier alpha value is -2.16. The van der Waals surface area contributed by atoms with Crippen LogP contribution in [-0.2, 0) is 0 Å². The predicted octanol–water partition coefficient (Wildman–Crippen LogP) is 2.80. The second-order valence-electron chi connectivity index (χ2n) is 3.38. The van der Waals surface area contributed by atoms with Gasteiger partial charge in [-0.05, 0) is 18.6 Å². The normalized spacial score (nSPS) is 11.6. The Morgan fingerprint density at radius 2 is 2.35 bits per heavy atom. The standard InChI is InChI=1S/C11H11FN2O3/c1-2-9(5-6-13)17-11-4-3-8(12)7-10(11)14(15)16/h3-4,7,9H,2,5H2,1H3. The van der Waals surface area contributed by atoms with Crippen LogP contribution in [0, 0.1) is 27.3 Å². The molecular weight excluding hydrogens is 227 g/mol. The molecule has 0 heterocycles. The zero-order chi connectivity index (χ0) is 12.8. The first kappa shape index (κ1) is 12.9. The maximum Gasteiger partial charge on any atom is 0.313 e. The number of benzene rings is 1. The van der Waals surface area contributed by atoms with Crippen molar-refractivity contribution in [2.45, 2.75) is 25.9 Å². The molecule has 0 saturated heterocycles. The van der Waals surface area contributed by atoms with Crippen molar-refractivity contribution in [3.8, 4) is 11.8 Å². The first-order valence-corrected chi connectivity index (χ1v) is 5.06. The molecule has 0 bridgehead atoms. The van der Waals surface area contributed by atoms with Gasteiger partial charge >= 0.3 is 5.69 Å². The number of nitrogens with zero attached hydrogens (tertiary/aromatic N) is 2. The summed E-state index contributed by atoms with van der Waals surface area (Å²) < 4.78 is 18.2. The molecule has 5 nitrogen and oxygen atoms in total. The van der Waals surface area contributed by atoms with Gasteiger partial charge in [0.25, 0.3) is 0 Å². The molecule has 90 valence electrons. The van der Waals surface area contributed by atoms with E-state index in [1.807, 2.05) is 6.07 Å². The maximum absolute atomic E-state index is 12.9. The van der Waals surface area contributed by atoms with E-state index >= 15 is 0 Å². The van der Waals surface area contributed by atoms with E-state index in [0.717, 1.165) is 12.1 Å². The smallest absolute Gasteiger partial charge is 0.313 e. The van der Waals surface area contributed by atoms with Crippen molar-refractivity contribution < 1.29 is 14.1 Å². The van der Waals surface area contributed by atoms with Crippen molar-refractivity contribution in [2.24, 2.45) is 0 Å². The van der Waals surface area contributed by atoms with Crippen molar-refractivity contribution in [3.05, 3.63) is 34.1 Å². The molecule has 0 saturated carbocycles. The Bertz CT molecular complexity index is 457. The molecule has 0 spiro atoms. The highest BCUT2D eigenvalue weighted by atomic mass is 19.1. The summed E-state index contributed by atoms with van der Waals surface area (Å²) in [5.41, 5.74) is -0.429. The fraction of sp³-hybridized carbons (Fsp3) is 0.364. The number of nitriles is 1. The lowest BCUT2D eigenvalue weighted by molar-refractivity contribution is -0.386. The summed E-state index contributed by atoms with van der Waals surface area (Å²) in [4.78, 5) is 9.98. The second-order valence-corrected chi connectivity index (χ2v) is 3.38. The first-order valence-electron chi connectivity index (χ1n) is 5.06. The van der Waals surface area contributed by atoms with Crippen LogP contribution >= 0.6 is 0 Å². The van der Waals surface area contributed by atoms with Crippen molar-refractivity contribution >= 4 is 5.69 Å². The monoisotopic (exact) mass is 238 g/mol. The molecule has 0 fully saturated rings. The van der Waals surface area contributed by atoms with E-state index in [2.05, 4.69) is 0 Å². The maximum atomic E-state index is 12.9. The zero-order valence-corrected chi connectivity index (χ0v) is 9.22. The largest absolute Gasteiger partial charge is 0.482 e. The minimum absolute atomic E-state index is 0.0153. The fourth-order valence-corrected chi connectivity index (χ4v) is 1.28. The lowest BCUT2D eigenvalue weighted by atomic mass is 10.2. The molecule has 17 heavy (non-hydrogen) atoms. The van der Waals surface area contributed by atoms with Crippen LogP contribution in [0.1, 0.15) is 19.8 Å². The van der Waals surface area contributed by atoms with Gasteiger partial charge < -0.3 is 4.74 Å². The van der Waals surface area contributed by atoms with Crippen LogP contribution in [-0.4, -0.2) is 11.0 Å². The molecule has 0 aromatic heterocycles. The number of rotatable bonds is 5. The number of ether oxygens (including phenoxy) is 1. The second kappa shape index (κ2) is 5.80. The third-order valence-electron chi connectivity index (χ3n) is 2.19. The Morgan fingerprint density at radius 3 is 2.88 bits per heavy atom. The van der Waals surface area contributed by atoms with Crippen molar-refractivity contribution in [2.75, 3.05) is 0 Å². The van der Waals surface area contributed by atoms with E-state index < -0.39 is 22.5 Å². The minimum atomic E-state index is -0.711. The van der Waals surface area contributed by atoms with Gasteiger partial charge in [-0.25, -0.2) is 4.39 Å². The molecule has 6 heteroatoms. The van der Waals surface area contributed by atoms with Crippen LogP contribution in [0.2, 0.25) is 0 Å². The number of nitro benzene ring substituents is 1.